The molecule has 1 aliphatic rings. The van der Waals surface area contributed by atoms with Gasteiger partial charge >= 0.3 is 0 Å². The third-order valence-electron chi connectivity index (χ3n) is 2.74. The van der Waals surface area contributed by atoms with E-state index in [4.69, 9.17) is 10.5 Å². The number of nitrogens with zero attached hydrogens (tertiary/aromatic N) is 3. The quantitative estimate of drug-likeness (QED) is 0.828. The van der Waals surface area contributed by atoms with Gasteiger partial charge in [-0.3, -0.25) is 0 Å². The zero-order valence-corrected chi connectivity index (χ0v) is 9.59. The summed E-state index contributed by atoms with van der Waals surface area (Å²) in [6.45, 7) is 4.70. The highest BCUT2D eigenvalue weighted by Gasteiger charge is 2.20. The van der Waals surface area contributed by atoms with E-state index in [1.54, 1.807) is 6.07 Å². The van der Waals surface area contributed by atoms with Crippen molar-refractivity contribution in [3.05, 3.63) is 12.1 Å². The summed E-state index contributed by atoms with van der Waals surface area (Å²) in [5.41, 5.74) is 5.51. The van der Waals surface area contributed by atoms with Gasteiger partial charge in [-0.15, -0.1) is 10.2 Å². The first-order chi connectivity index (χ1) is 7.79. The van der Waals surface area contributed by atoms with Crippen LogP contribution in [0.3, 0.4) is 0 Å². The van der Waals surface area contributed by atoms with Gasteiger partial charge in [0.15, 0.2) is 5.82 Å². The summed E-state index contributed by atoms with van der Waals surface area (Å²) < 4.78 is 5.68. The molecule has 1 fully saturated rings. The molecule has 0 radical (unpaired) electrons. The Kier molecular flexibility index (Phi) is 3.56. The highest BCUT2D eigenvalue weighted by molar-refractivity contribution is 5.41. The maximum absolute atomic E-state index is 5.68. The zero-order chi connectivity index (χ0) is 11.4. The molecule has 88 valence electrons. The summed E-state index contributed by atoms with van der Waals surface area (Å²) in [6.07, 6.45) is 2.56. The molecule has 2 N–H and O–H groups in total. The Morgan fingerprint density at radius 3 is 3.06 bits per heavy atom. The molecule has 5 heteroatoms. The smallest absolute Gasteiger partial charge is 0.151 e. The van der Waals surface area contributed by atoms with E-state index in [-0.39, 0.29) is 0 Å². The van der Waals surface area contributed by atoms with Crippen LogP contribution in [0.5, 0.6) is 0 Å². The Hall–Kier alpha value is -1.36. The van der Waals surface area contributed by atoms with Gasteiger partial charge in [0.05, 0.1) is 12.7 Å². The van der Waals surface area contributed by atoms with E-state index in [2.05, 4.69) is 22.0 Å². The molecule has 1 aromatic rings. The second-order valence-electron chi connectivity index (χ2n) is 4.04. The van der Waals surface area contributed by atoms with Gasteiger partial charge in [0.2, 0.25) is 0 Å². The highest BCUT2D eigenvalue weighted by Crippen LogP contribution is 2.16. The van der Waals surface area contributed by atoms with E-state index >= 15 is 0 Å². The Bertz CT molecular complexity index is 325. The molecule has 0 aliphatic carbocycles. The molecule has 0 spiro atoms. The molecule has 0 saturated carbocycles. The number of morpholine rings is 1. The van der Waals surface area contributed by atoms with Crippen LogP contribution in [-0.2, 0) is 4.74 Å². The van der Waals surface area contributed by atoms with E-state index in [1.165, 1.54) is 0 Å². The molecule has 0 amide bonds. The number of nitrogen functional groups attached to an aromatic ring is 1. The summed E-state index contributed by atoms with van der Waals surface area (Å²) >= 11 is 0. The predicted octanol–water partition coefficient (Wildman–Crippen LogP) is 1.06. The minimum Gasteiger partial charge on any atom is -0.382 e. The van der Waals surface area contributed by atoms with Gasteiger partial charge in [-0.1, -0.05) is 13.3 Å². The second-order valence-corrected chi connectivity index (χ2v) is 4.04. The Labute approximate surface area is 95.6 Å². The largest absolute Gasteiger partial charge is 0.382 e. The number of hydrogen-bond donors (Lipinski definition) is 1. The standard InChI is InChI=1S/C11H18N4O/c1-2-3-9-8-15(6-7-16-9)11-5-4-10(12)13-14-11/h4-5,9H,2-3,6-8H2,1H3,(H2,12,13). The van der Waals surface area contributed by atoms with Crippen LogP contribution in [0.2, 0.25) is 0 Å². The molecular formula is C11H18N4O. The SMILES string of the molecule is CCCC1CN(c2ccc(N)nn2)CCO1. The average molecular weight is 222 g/mol. The van der Waals surface area contributed by atoms with Crippen molar-refractivity contribution < 1.29 is 4.74 Å². The van der Waals surface area contributed by atoms with Crippen molar-refractivity contribution in [1.82, 2.24) is 10.2 Å². The highest BCUT2D eigenvalue weighted by atomic mass is 16.5. The third kappa shape index (κ3) is 2.61. The monoisotopic (exact) mass is 222 g/mol. The molecule has 1 unspecified atom stereocenters. The first kappa shape index (κ1) is 11.1. The maximum Gasteiger partial charge on any atom is 0.151 e. The van der Waals surface area contributed by atoms with Crippen molar-refractivity contribution in [3.8, 4) is 0 Å². The third-order valence-corrected chi connectivity index (χ3v) is 2.74. The molecule has 1 atom stereocenters. The molecule has 5 nitrogen and oxygen atoms in total. The fourth-order valence-electron chi connectivity index (χ4n) is 1.93. The molecule has 2 heterocycles. The van der Waals surface area contributed by atoms with Crippen LogP contribution in [0.4, 0.5) is 11.6 Å². The van der Waals surface area contributed by atoms with Crippen molar-refractivity contribution in [2.45, 2.75) is 25.9 Å². The molecule has 0 bridgehead atoms. The van der Waals surface area contributed by atoms with E-state index in [0.717, 1.165) is 38.4 Å². The first-order valence-corrected chi connectivity index (χ1v) is 5.75. The zero-order valence-electron chi connectivity index (χ0n) is 9.59. The second kappa shape index (κ2) is 5.12. The normalized spacial score (nSPS) is 21.1. The molecule has 0 aromatic carbocycles. The molecule has 1 aliphatic heterocycles. The average Bonchev–Trinajstić information content (AvgIpc) is 2.31. The summed E-state index contributed by atoms with van der Waals surface area (Å²) in [5.74, 6) is 1.35. The lowest BCUT2D eigenvalue weighted by Crippen LogP contribution is -2.42. The number of nitrogens with two attached hydrogens (primary N) is 1. The van der Waals surface area contributed by atoms with E-state index in [0.29, 0.717) is 11.9 Å². The lowest BCUT2D eigenvalue weighted by atomic mass is 10.2. The maximum atomic E-state index is 5.68. The van der Waals surface area contributed by atoms with Crippen LogP contribution in [0.25, 0.3) is 0 Å². The van der Waals surface area contributed by atoms with Crippen LogP contribution < -0.4 is 10.6 Å². The molecule has 1 aromatic heterocycles. The molecule has 1 saturated heterocycles. The molecule has 2 rings (SSSR count). The van der Waals surface area contributed by atoms with Gasteiger partial charge in [-0.05, 0) is 18.6 Å². The summed E-state index contributed by atoms with van der Waals surface area (Å²) in [6, 6.07) is 3.70. The fourth-order valence-corrected chi connectivity index (χ4v) is 1.93. The number of aromatic nitrogens is 2. The number of ether oxygens (including phenoxy) is 1. The summed E-state index contributed by atoms with van der Waals surface area (Å²) in [5, 5.41) is 7.96. The topological polar surface area (TPSA) is 64.3 Å². The van der Waals surface area contributed by atoms with E-state index in [9.17, 15) is 0 Å². The minimum atomic E-state index is 0.318. The lowest BCUT2D eigenvalue weighted by molar-refractivity contribution is 0.0345. The van der Waals surface area contributed by atoms with E-state index in [1.807, 2.05) is 6.07 Å². The van der Waals surface area contributed by atoms with Crippen LogP contribution in [0.15, 0.2) is 12.1 Å². The lowest BCUT2D eigenvalue weighted by Gasteiger charge is -2.33. The van der Waals surface area contributed by atoms with Gasteiger partial charge < -0.3 is 15.4 Å². The van der Waals surface area contributed by atoms with Crippen LogP contribution >= 0.6 is 0 Å². The van der Waals surface area contributed by atoms with Gasteiger partial charge in [0.25, 0.3) is 0 Å². The number of anilines is 2. The van der Waals surface area contributed by atoms with Crippen molar-refractivity contribution >= 4 is 11.6 Å². The van der Waals surface area contributed by atoms with Gasteiger partial charge in [0.1, 0.15) is 5.82 Å². The Balaban J connectivity index is 2.01. The minimum absolute atomic E-state index is 0.318. The van der Waals surface area contributed by atoms with Crippen LogP contribution in [-0.4, -0.2) is 36.0 Å². The van der Waals surface area contributed by atoms with Crippen molar-refractivity contribution in [2.75, 3.05) is 30.3 Å². The molecular weight excluding hydrogens is 204 g/mol. The van der Waals surface area contributed by atoms with Gasteiger partial charge in [0, 0.05) is 13.1 Å². The summed E-state index contributed by atoms with van der Waals surface area (Å²) in [4.78, 5) is 2.20. The van der Waals surface area contributed by atoms with Crippen molar-refractivity contribution in [3.63, 3.8) is 0 Å². The summed E-state index contributed by atoms with van der Waals surface area (Å²) in [7, 11) is 0. The van der Waals surface area contributed by atoms with Crippen LogP contribution in [0.1, 0.15) is 19.8 Å². The molecule has 16 heavy (non-hydrogen) atoms. The Morgan fingerprint density at radius 2 is 2.38 bits per heavy atom. The van der Waals surface area contributed by atoms with Crippen LogP contribution in [0, 0.1) is 0 Å². The first-order valence-electron chi connectivity index (χ1n) is 5.75. The predicted molar refractivity (Wildman–Crippen MR) is 63.3 cm³/mol. The van der Waals surface area contributed by atoms with Crippen molar-refractivity contribution in [2.24, 2.45) is 0 Å². The fraction of sp³-hybridized carbons (Fsp3) is 0.636. The Morgan fingerprint density at radius 1 is 1.50 bits per heavy atom. The van der Waals surface area contributed by atoms with Gasteiger partial charge in [-0.2, -0.15) is 0 Å². The van der Waals surface area contributed by atoms with E-state index < -0.39 is 0 Å². The number of hydrogen-bond acceptors (Lipinski definition) is 5. The number of rotatable bonds is 3. The van der Waals surface area contributed by atoms with Crippen molar-refractivity contribution in [1.29, 1.82) is 0 Å². The van der Waals surface area contributed by atoms with Gasteiger partial charge in [-0.25, -0.2) is 0 Å².